The van der Waals surface area contributed by atoms with E-state index in [4.69, 9.17) is 4.74 Å². The van der Waals surface area contributed by atoms with Gasteiger partial charge < -0.3 is 15.0 Å². The minimum atomic E-state index is -0.444. The lowest BCUT2D eigenvalue weighted by atomic mass is 10.1. The van der Waals surface area contributed by atoms with Crippen molar-refractivity contribution in [2.45, 2.75) is 52.9 Å². The number of ether oxygens (including phenoxy) is 1. The molecular formula is C18H31N3O2. The van der Waals surface area contributed by atoms with E-state index >= 15 is 0 Å². The minimum absolute atomic E-state index is 0.350. The van der Waals surface area contributed by atoms with E-state index < -0.39 is 6.09 Å². The Morgan fingerprint density at radius 3 is 2.57 bits per heavy atom. The smallest absolute Gasteiger partial charge is 0.391 e. The molecule has 0 aromatic carbocycles. The third-order valence-electron chi connectivity index (χ3n) is 3.91. The van der Waals surface area contributed by atoms with E-state index in [1.807, 2.05) is 6.07 Å². The van der Waals surface area contributed by atoms with E-state index in [-0.39, 0.29) is 0 Å². The molecule has 1 N–H and O–H groups in total. The number of unbranched alkanes of at least 4 members (excludes halogenated alkanes) is 3. The molecule has 0 aliphatic rings. The van der Waals surface area contributed by atoms with Gasteiger partial charge in [0.15, 0.2) is 0 Å². The standard InChI is InChI=1S/C18H31N3O2/c1-4-7-8-9-10-16-11-12-17(20-15-16)23-18(22)19-13-14-21(5-2)6-3/h11-12,15H,4-10,13-14H2,1-3H3,(H,19,22). The molecule has 0 saturated carbocycles. The topological polar surface area (TPSA) is 54.5 Å². The fraction of sp³-hybridized carbons (Fsp3) is 0.667. The number of aromatic nitrogens is 1. The second kappa shape index (κ2) is 11.9. The van der Waals surface area contributed by atoms with Crippen LogP contribution in [0, 0.1) is 0 Å². The number of hydrogen-bond donors (Lipinski definition) is 1. The Labute approximate surface area is 140 Å². The molecule has 5 nitrogen and oxygen atoms in total. The molecule has 1 rings (SSSR count). The van der Waals surface area contributed by atoms with Crippen molar-refractivity contribution in [2.75, 3.05) is 26.2 Å². The van der Waals surface area contributed by atoms with Crippen LogP contribution in [-0.4, -0.2) is 42.2 Å². The van der Waals surface area contributed by atoms with Crippen molar-refractivity contribution in [3.63, 3.8) is 0 Å². The van der Waals surface area contributed by atoms with Crippen molar-refractivity contribution in [3.05, 3.63) is 23.9 Å². The monoisotopic (exact) mass is 321 g/mol. The van der Waals surface area contributed by atoms with Crippen molar-refractivity contribution >= 4 is 6.09 Å². The first-order valence-corrected chi connectivity index (χ1v) is 8.82. The van der Waals surface area contributed by atoms with Gasteiger partial charge in [0.2, 0.25) is 5.88 Å². The van der Waals surface area contributed by atoms with Crippen LogP contribution in [-0.2, 0) is 6.42 Å². The van der Waals surface area contributed by atoms with Crippen LogP contribution >= 0.6 is 0 Å². The van der Waals surface area contributed by atoms with Crippen LogP contribution in [0.1, 0.15) is 52.0 Å². The lowest BCUT2D eigenvalue weighted by Gasteiger charge is -2.17. The summed E-state index contributed by atoms with van der Waals surface area (Å²) in [5.41, 5.74) is 1.19. The highest BCUT2D eigenvalue weighted by Crippen LogP contribution is 2.11. The number of carbonyl (C=O) groups excluding carboxylic acids is 1. The number of pyridine rings is 1. The van der Waals surface area contributed by atoms with Crippen molar-refractivity contribution in [1.29, 1.82) is 0 Å². The molecule has 1 aromatic rings. The fourth-order valence-corrected chi connectivity index (χ4v) is 2.36. The van der Waals surface area contributed by atoms with E-state index in [1.165, 1.54) is 31.2 Å². The molecule has 0 bridgehead atoms. The quantitative estimate of drug-likeness (QED) is 0.632. The number of nitrogens with one attached hydrogen (secondary N) is 1. The number of likely N-dealkylation sites (N-methyl/N-ethyl adjacent to an activating group) is 1. The van der Waals surface area contributed by atoms with E-state index in [9.17, 15) is 4.79 Å². The predicted molar refractivity (Wildman–Crippen MR) is 93.9 cm³/mol. The second-order valence-electron chi connectivity index (χ2n) is 5.66. The van der Waals surface area contributed by atoms with Gasteiger partial charge in [-0.15, -0.1) is 0 Å². The van der Waals surface area contributed by atoms with E-state index in [2.05, 4.69) is 36.0 Å². The predicted octanol–water partition coefficient (Wildman–Crippen LogP) is 3.63. The van der Waals surface area contributed by atoms with Crippen LogP contribution in [0.25, 0.3) is 0 Å². The molecule has 23 heavy (non-hydrogen) atoms. The van der Waals surface area contributed by atoms with Gasteiger partial charge in [0, 0.05) is 25.4 Å². The number of aryl methyl sites for hydroxylation is 1. The van der Waals surface area contributed by atoms with E-state index in [0.717, 1.165) is 26.1 Å². The molecule has 1 amide bonds. The molecule has 1 aromatic heterocycles. The first-order valence-electron chi connectivity index (χ1n) is 8.82. The molecule has 0 atom stereocenters. The van der Waals surface area contributed by atoms with Crippen molar-refractivity contribution in [2.24, 2.45) is 0 Å². The van der Waals surface area contributed by atoms with Gasteiger partial charge in [-0.2, -0.15) is 0 Å². The van der Waals surface area contributed by atoms with Crippen LogP contribution < -0.4 is 10.1 Å². The van der Waals surface area contributed by atoms with E-state index in [0.29, 0.717) is 12.4 Å². The number of nitrogens with zero attached hydrogens (tertiary/aromatic N) is 2. The number of amides is 1. The highest BCUT2D eigenvalue weighted by atomic mass is 16.6. The summed E-state index contributed by atoms with van der Waals surface area (Å²) in [7, 11) is 0. The molecule has 0 spiro atoms. The normalized spacial score (nSPS) is 10.8. The Morgan fingerprint density at radius 2 is 1.96 bits per heavy atom. The number of hydrogen-bond acceptors (Lipinski definition) is 4. The Kier molecular flexibility index (Phi) is 10.0. The van der Waals surface area contributed by atoms with Gasteiger partial charge in [-0.05, 0) is 31.5 Å². The maximum absolute atomic E-state index is 11.7. The zero-order chi connectivity index (χ0) is 16.9. The van der Waals surface area contributed by atoms with Gasteiger partial charge >= 0.3 is 6.09 Å². The third kappa shape index (κ3) is 8.55. The van der Waals surface area contributed by atoms with Crippen LogP contribution in [0.2, 0.25) is 0 Å². The summed E-state index contributed by atoms with van der Waals surface area (Å²) in [5, 5.41) is 2.75. The summed E-state index contributed by atoms with van der Waals surface area (Å²) in [4.78, 5) is 18.1. The molecule has 0 radical (unpaired) electrons. The number of rotatable bonds is 11. The minimum Gasteiger partial charge on any atom is -0.391 e. The third-order valence-corrected chi connectivity index (χ3v) is 3.91. The molecule has 0 aliphatic carbocycles. The molecule has 0 unspecified atom stereocenters. The van der Waals surface area contributed by atoms with Gasteiger partial charge in [0.1, 0.15) is 0 Å². The highest BCUT2D eigenvalue weighted by molar-refractivity contribution is 5.69. The van der Waals surface area contributed by atoms with Crippen LogP contribution in [0.5, 0.6) is 5.88 Å². The van der Waals surface area contributed by atoms with Gasteiger partial charge in [0.25, 0.3) is 0 Å². The first-order chi connectivity index (χ1) is 11.2. The van der Waals surface area contributed by atoms with Gasteiger partial charge in [-0.25, -0.2) is 9.78 Å². The van der Waals surface area contributed by atoms with Gasteiger partial charge in [-0.1, -0.05) is 46.1 Å². The van der Waals surface area contributed by atoms with Crippen LogP contribution in [0.4, 0.5) is 4.79 Å². The molecule has 130 valence electrons. The Bertz CT molecular complexity index is 430. The average molecular weight is 321 g/mol. The largest absolute Gasteiger partial charge is 0.413 e. The Morgan fingerprint density at radius 1 is 1.17 bits per heavy atom. The lowest BCUT2D eigenvalue weighted by Crippen LogP contribution is -2.36. The zero-order valence-corrected chi connectivity index (χ0v) is 14.8. The molecule has 0 aliphatic heterocycles. The van der Waals surface area contributed by atoms with Gasteiger partial charge in [0.05, 0.1) is 0 Å². The van der Waals surface area contributed by atoms with Crippen molar-refractivity contribution < 1.29 is 9.53 Å². The van der Waals surface area contributed by atoms with E-state index in [1.54, 1.807) is 12.3 Å². The second-order valence-corrected chi connectivity index (χ2v) is 5.66. The molecule has 5 heteroatoms. The summed E-state index contributed by atoms with van der Waals surface area (Å²) >= 11 is 0. The van der Waals surface area contributed by atoms with Crippen LogP contribution in [0.3, 0.4) is 0 Å². The maximum atomic E-state index is 11.7. The van der Waals surface area contributed by atoms with Crippen molar-refractivity contribution in [1.82, 2.24) is 15.2 Å². The lowest BCUT2D eigenvalue weighted by molar-refractivity contribution is 0.196. The first kappa shape index (κ1) is 19.4. The number of carbonyl (C=O) groups is 1. The molecule has 1 heterocycles. The maximum Gasteiger partial charge on any atom is 0.413 e. The summed E-state index contributed by atoms with van der Waals surface area (Å²) in [6.07, 6.45) is 7.34. The Hall–Kier alpha value is -1.62. The van der Waals surface area contributed by atoms with Gasteiger partial charge in [-0.3, -0.25) is 0 Å². The Balaban J connectivity index is 2.27. The fourth-order valence-electron chi connectivity index (χ4n) is 2.36. The summed E-state index contributed by atoms with van der Waals surface area (Å²) < 4.78 is 5.18. The van der Waals surface area contributed by atoms with Crippen LogP contribution in [0.15, 0.2) is 18.3 Å². The molecular weight excluding hydrogens is 290 g/mol. The molecule has 0 saturated heterocycles. The summed E-state index contributed by atoms with van der Waals surface area (Å²) in [5.74, 6) is 0.350. The van der Waals surface area contributed by atoms with Crippen molar-refractivity contribution in [3.8, 4) is 5.88 Å². The summed E-state index contributed by atoms with van der Waals surface area (Å²) in [6.45, 7) is 9.79. The SMILES string of the molecule is CCCCCCc1ccc(OC(=O)NCCN(CC)CC)nc1. The zero-order valence-electron chi connectivity index (χ0n) is 14.8. The molecule has 0 fully saturated rings. The average Bonchev–Trinajstić information content (AvgIpc) is 2.57. The highest BCUT2D eigenvalue weighted by Gasteiger charge is 2.06. The summed E-state index contributed by atoms with van der Waals surface area (Å²) in [6, 6.07) is 3.75.